The molecule has 0 fully saturated rings. The van der Waals surface area contributed by atoms with Crippen molar-refractivity contribution in [2.45, 2.75) is 12.7 Å². The van der Waals surface area contributed by atoms with E-state index in [1.54, 1.807) is 55.0 Å². The standard InChI is InChI=1S/C28H19N5O3/c1-32-19-31-17-27(32)28(23-8-3-21(15-29)4-9-23)36-18-25-11-5-22(16-30)14-24(25)10-2-20-6-12-26(13-7-20)33(34)35/h3-9,11-14,17,19,28H,18H2,1H3. The molecule has 4 rings (SSSR count). The zero-order valence-electron chi connectivity index (χ0n) is 19.3. The monoisotopic (exact) mass is 473 g/mol. The van der Waals surface area contributed by atoms with Gasteiger partial charge in [0.15, 0.2) is 0 Å². The third-order valence-electron chi connectivity index (χ3n) is 5.53. The Kier molecular flexibility index (Phi) is 7.17. The molecular weight excluding hydrogens is 454 g/mol. The minimum absolute atomic E-state index is 0.00914. The topological polar surface area (TPSA) is 118 Å². The zero-order chi connectivity index (χ0) is 25.5. The van der Waals surface area contributed by atoms with Gasteiger partial charge in [0.1, 0.15) is 6.10 Å². The van der Waals surface area contributed by atoms with Crippen molar-refractivity contribution in [1.82, 2.24) is 9.55 Å². The smallest absolute Gasteiger partial charge is 0.269 e. The first-order valence-corrected chi connectivity index (χ1v) is 10.9. The molecule has 0 N–H and O–H groups in total. The molecule has 0 aliphatic carbocycles. The number of nitro groups is 1. The lowest BCUT2D eigenvalue weighted by Gasteiger charge is -2.19. The summed E-state index contributed by atoms with van der Waals surface area (Å²) >= 11 is 0. The fraction of sp³-hybridized carbons (Fsp3) is 0.107. The lowest BCUT2D eigenvalue weighted by molar-refractivity contribution is -0.384. The minimum atomic E-state index is -0.463. The summed E-state index contributed by atoms with van der Waals surface area (Å²) in [4.78, 5) is 14.6. The normalized spacial score (nSPS) is 11.0. The highest BCUT2D eigenvalue weighted by atomic mass is 16.6. The fourth-order valence-corrected chi connectivity index (χ4v) is 3.57. The van der Waals surface area contributed by atoms with E-state index in [4.69, 9.17) is 10.00 Å². The van der Waals surface area contributed by atoms with Crippen LogP contribution < -0.4 is 0 Å². The van der Waals surface area contributed by atoms with Gasteiger partial charge in [0, 0.05) is 30.3 Å². The largest absolute Gasteiger partial charge is 0.362 e. The Bertz CT molecular complexity index is 1550. The first-order valence-electron chi connectivity index (χ1n) is 10.9. The summed E-state index contributed by atoms with van der Waals surface area (Å²) in [6.07, 6.45) is 2.98. The van der Waals surface area contributed by atoms with Crippen LogP contribution >= 0.6 is 0 Å². The molecule has 0 amide bonds. The van der Waals surface area contributed by atoms with E-state index in [2.05, 4.69) is 29.0 Å². The molecule has 1 unspecified atom stereocenters. The van der Waals surface area contributed by atoms with Crippen LogP contribution in [0.5, 0.6) is 0 Å². The number of nitriles is 2. The third-order valence-corrected chi connectivity index (χ3v) is 5.53. The van der Waals surface area contributed by atoms with E-state index in [0.717, 1.165) is 16.8 Å². The van der Waals surface area contributed by atoms with E-state index in [1.165, 1.54) is 12.1 Å². The molecule has 36 heavy (non-hydrogen) atoms. The minimum Gasteiger partial charge on any atom is -0.362 e. The molecule has 1 atom stereocenters. The van der Waals surface area contributed by atoms with Gasteiger partial charge in [0.2, 0.25) is 0 Å². The highest BCUT2D eigenvalue weighted by Gasteiger charge is 2.19. The summed E-state index contributed by atoms with van der Waals surface area (Å²) in [6.45, 7) is 0.200. The Morgan fingerprint density at radius 1 is 0.972 bits per heavy atom. The van der Waals surface area contributed by atoms with Crippen molar-refractivity contribution in [3.63, 3.8) is 0 Å². The summed E-state index contributed by atoms with van der Waals surface area (Å²) in [5.41, 5.74) is 4.72. The lowest BCUT2D eigenvalue weighted by Crippen LogP contribution is -2.11. The number of non-ortho nitro benzene ring substituents is 1. The second-order valence-electron chi connectivity index (χ2n) is 7.89. The number of benzene rings is 3. The Labute approximate surface area is 207 Å². The maximum Gasteiger partial charge on any atom is 0.269 e. The van der Waals surface area contributed by atoms with Crippen molar-refractivity contribution in [3.8, 4) is 24.0 Å². The predicted octanol–water partition coefficient (Wildman–Crippen LogP) is 4.78. The van der Waals surface area contributed by atoms with E-state index in [0.29, 0.717) is 22.3 Å². The Balaban J connectivity index is 1.64. The molecule has 4 aromatic rings. The molecule has 174 valence electrons. The Morgan fingerprint density at radius 2 is 1.64 bits per heavy atom. The van der Waals surface area contributed by atoms with Gasteiger partial charge in [-0.3, -0.25) is 10.1 Å². The Morgan fingerprint density at radius 3 is 2.25 bits per heavy atom. The first kappa shape index (κ1) is 23.9. The van der Waals surface area contributed by atoms with Gasteiger partial charge in [0.05, 0.1) is 53.0 Å². The van der Waals surface area contributed by atoms with Crippen LogP contribution in [0.25, 0.3) is 0 Å². The van der Waals surface area contributed by atoms with Crippen molar-refractivity contribution < 1.29 is 9.66 Å². The second kappa shape index (κ2) is 10.8. The summed E-state index contributed by atoms with van der Waals surface area (Å²) in [7, 11) is 1.88. The van der Waals surface area contributed by atoms with Crippen LogP contribution in [-0.4, -0.2) is 14.5 Å². The first-order chi connectivity index (χ1) is 17.5. The number of hydrogen-bond acceptors (Lipinski definition) is 6. The molecule has 0 aliphatic rings. The molecule has 0 saturated carbocycles. The van der Waals surface area contributed by atoms with Gasteiger partial charge >= 0.3 is 0 Å². The van der Waals surface area contributed by atoms with Crippen LogP contribution in [0.15, 0.2) is 79.3 Å². The molecule has 0 spiro atoms. The molecule has 3 aromatic carbocycles. The molecule has 8 heteroatoms. The van der Waals surface area contributed by atoms with Gasteiger partial charge in [-0.25, -0.2) is 4.98 Å². The van der Waals surface area contributed by atoms with Crippen molar-refractivity contribution >= 4 is 5.69 Å². The van der Waals surface area contributed by atoms with Crippen LogP contribution in [0.1, 0.15) is 45.2 Å². The molecule has 8 nitrogen and oxygen atoms in total. The van der Waals surface area contributed by atoms with Gasteiger partial charge < -0.3 is 9.30 Å². The SMILES string of the molecule is Cn1cncc1C(OCc1ccc(C#N)cc1C#Cc1ccc([N+](=O)[O-])cc1)c1ccc(C#N)cc1. The summed E-state index contributed by atoms with van der Waals surface area (Å²) in [6, 6.07) is 22.6. The average molecular weight is 473 g/mol. The van der Waals surface area contributed by atoms with Gasteiger partial charge in [-0.2, -0.15) is 10.5 Å². The average Bonchev–Trinajstić information content (AvgIpc) is 3.33. The van der Waals surface area contributed by atoms with Crippen LogP contribution in [0.4, 0.5) is 5.69 Å². The van der Waals surface area contributed by atoms with Crippen LogP contribution in [-0.2, 0) is 18.4 Å². The number of ether oxygens (including phenoxy) is 1. The quantitative estimate of drug-likeness (QED) is 0.226. The van der Waals surface area contributed by atoms with Crippen LogP contribution in [0.2, 0.25) is 0 Å². The highest BCUT2D eigenvalue weighted by molar-refractivity contribution is 5.51. The number of nitrogens with zero attached hydrogens (tertiary/aromatic N) is 5. The third kappa shape index (κ3) is 5.46. The van der Waals surface area contributed by atoms with Crippen LogP contribution in [0, 0.1) is 44.6 Å². The van der Waals surface area contributed by atoms with Crippen LogP contribution in [0.3, 0.4) is 0 Å². The van der Waals surface area contributed by atoms with Crippen molar-refractivity contribution in [2.75, 3.05) is 0 Å². The number of rotatable bonds is 6. The number of nitro benzene ring substituents is 1. The molecule has 1 heterocycles. The summed E-state index contributed by atoms with van der Waals surface area (Å²) in [5.74, 6) is 6.08. The van der Waals surface area contributed by atoms with Crippen molar-refractivity contribution in [2.24, 2.45) is 7.05 Å². The molecular formula is C28H19N5O3. The Hall–Kier alpha value is -5.23. The maximum absolute atomic E-state index is 10.9. The van der Waals surface area contributed by atoms with E-state index in [1.807, 2.05) is 23.7 Å². The molecule has 1 aromatic heterocycles. The van der Waals surface area contributed by atoms with Gasteiger partial charge in [-0.1, -0.05) is 30.0 Å². The number of imidazole rings is 1. The lowest BCUT2D eigenvalue weighted by atomic mass is 10.0. The fourth-order valence-electron chi connectivity index (χ4n) is 3.57. The maximum atomic E-state index is 10.9. The predicted molar refractivity (Wildman–Crippen MR) is 131 cm³/mol. The number of hydrogen-bond donors (Lipinski definition) is 0. The van der Waals surface area contributed by atoms with E-state index in [-0.39, 0.29) is 12.3 Å². The summed E-state index contributed by atoms with van der Waals surface area (Å²) < 4.78 is 8.22. The number of aromatic nitrogens is 2. The van der Waals surface area contributed by atoms with Crippen molar-refractivity contribution in [3.05, 3.63) is 128 Å². The van der Waals surface area contributed by atoms with E-state index >= 15 is 0 Å². The second-order valence-corrected chi connectivity index (χ2v) is 7.89. The van der Waals surface area contributed by atoms with Gasteiger partial charge in [-0.15, -0.1) is 0 Å². The molecule has 0 radical (unpaired) electrons. The van der Waals surface area contributed by atoms with Crippen molar-refractivity contribution in [1.29, 1.82) is 10.5 Å². The van der Waals surface area contributed by atoms with Gasteiger partial charge in [-0.05, 0) is 47.5 Å². The molecule has 0 bridgehead atoms. The summed E-state index contributed by atoms with van der Waals surface area (Å²) in [5, 5.41) is 29.4. The molecule has 0 aliphatic heterocycles. The number of aryl methyl sites for hydroxylation is 1. The molecule has 0 saturated heterocycles. The van der Waals surface area contributed by atoms with E-state index < -0.39 is 11.0 Å². The highest BCUT2D eigenvalue weighted by Crippen LogP contribution is 2.28. The van der Waals surface area contributed by atoms with Gasteiger partial charge in [0.25, 0.3) is 5.69 Å². The zero-order valence-corrected chi connectivity index (χ0v) is 19.3. The van der Waals surface area contributed by atoms with E-state index in [9.17, 15) is 15.4 Å².